The molecule has 0 fully saturated rings. The van der Waals surface area contributed by atoms with Crippen molar-refractivity contribution in [2.75, 3.05) is 0 Å². The van der Waals surface area contributed by atoms with Gasteiger partial charge in [-0.1, -0.05) is 18.7 Å². The van der Waals surface area contributed by atoms with Gasteiger partial charge in [-0.3, -0.25) is 4.79 Å². The van der Waals surface area contributed by atoms with Crippen LogP contribution < -0.4 is 5.32 Å². The van der Waals surface area contributed by atoms with E-state index in [0.29, 0.717) is 12.0 Å². The van der Waals surface area contributed by atoms with E-state index >= 15 is 0 Å². The Morgan fingerprint density at radius 1 is 1.33 bits per heavy atom. The van der Waals surface area contributed by atoms with Gasteiger partial charge < -0.3 is 10.1 Å². The Morgan fingerprint density at radius 3 is 2.44 bits per heavy atom. The van der Waals surface area contributed by atoms with Gasteiger partial charge in [-0.25, -0.2) is 4.79 Å². The number of ether oxygens (including phenoxy) is 1. The number of carbonyl (C=O) groups is 2. The monoisotopic (exact) mass is 251 g/mol. The number of allylic oxidation sites excluding steroid dienone is 2. The second-order valence-corrected chi connectivity index (χ2v) is 5.62. The van der Waals surface area contributed by atoms with E-state index in [2.05, 4.69) is 11.9 Å². The number of Topliss-reactive ketones (excluding diaryl/α,β-unsaturated/α-hetero) is 1. The molecule has 4 heteroatoms. The molecule has 0 aliphatic heterocycles. The molecule has 0 aromatic rings. The average Bonchev–Trinajstić information content (AvgIpc) is 2.61. The number of alkyl carbamates (subject to hydrolysis) is 1. The second-order valence-electron chi connectivity index (χ2n) is 5.62. The van der Waals surface area contributed by atoms with Crippen LogP contribution in [-0.2, 0) is 9.53 Å². The van der Waals surface area contributed by atoms with Crippen molar-refractivity contribution in [3.8, 4) is 0 Å². The highest BCUT2D eigenvalue weighted by Crippen LogP contribution is 2.21. The Bertz CT molecular complexity index is 390. The van der Waals surface area contributed by atoms with Gasteiger partial charge in [0.2, 0.25) is 0 Å². The van der Waals surface area contributed by atoms with E-state index in [4.69, 9.17) is 4.74 Å². The lowest BCUT2D eigenvalue weighted by molar-refractivity contribution is -0.117. The molecule has 100 valence electrons. The van der Waals surface area contributed by atoms with Crippen LogP contribution in [0, 0.1) is 5.92 Å². The Balaban J connectivity index is 2.45. The largest absolute Gasteiger partial charge is 0.444 e. The average molecular weight is 251 g/mol. The lowest BCUT2D eigenvalue weighted by Crippen LogP contribution is -2.38. The number of ketones is 1. The highest BCUT2D eigenvalue weighted by atomic mass is 16.6. The van der Waals surface area contributed by atoms with Gasteiger partial charge in [0, 0.05) is 5.92 Å². The van der Waals surface area contributed by atoms with E-state index in [1.165, 1.54) is 0 Å². The molecule has 0 bridgehead atoms. The van der Waals surface area contributed by atoms with E-state index in [1.54, 1.807) is 6.92 Å². The summed E-state index contributed by atoms with van der Waals surface area (Å²) in [6, 6.07) is -0.145. The fraction of sp³-hybridized carbons (Fsp3) is 0.571. The molecule has 0 saturated heterocycles. The lowest BCUT2D eigenvalue weighted by Gasteiger charge is -2.21. The first-order chi connectivity index (χ1) is 8.19. The standard InChI is InChI=1S/C14H21NO3/c1-9(2)12(16)10-6-7-11(8-10)15-13(17)18-14(3,4)5/h6-7,10-11H,1,8H2,2-5H3,(H,15,17). The van der Waals surface area contributed by atoms with E-state index < -0.39 is 11.7 Å². The molecule has 0 heterocycles. The van der Waals surface area contributed by atoms with Gasteiger partial charge in [-0.05, 0) is 39.7 Å². The maximum Gasteiger partial charge on any atom is 0.408 e. The SMILES string of the molecule is C=C(C)C(=O)C1C=CC(NC(=O)OC(C)(C)C)C1. The number of hydrogen-bond donors (Lipinski definition) is 1. The minimum atomic E-state index is -0.515. The molecular weight excluding hydrogens is 230 g/mol. The van der Waals surface area contributed by atoms with Crippen molar-refractivity contribution in [3.63, 3.8) is 0 Å². The van der Waals surface area contributed by atoms with Crippen LogP contribution in [0.2, 0.25) is 0 Å². The van der Waals surface area contributed by atoms with E-state index in [-0.39, 0.29) is 17.7 Å². The lowest BCUT2D eigenvalue weighted by atomic mass is 9.98. The zero-order valence-corrected chi connectivity index (χ0v) is 11.4. The van der Waals surface area contributed by atoms with Crippen LogP contribution in [0.4, 0.5) is 4.79 Å². The number of rotatable bonds is 3. The van der Waals surface area contributed by atoms with Crippen LogP contribution in [-0.4, -0.2) is 23.5 Å². The molecule has 1 aliphatic rings. The molecule has 2 unspecified atom stereocenters. The van der Waals surface area contributed by atoms with Gasteiger partial charge >= 0.3 is 6.09 Å². The number of hydrogen-bond acceptors (Lipinski definition) is 3. The van der Waals surface area contributed by atoms with Gasteiger partial charge in [-0.2, -0.15) is 0 Å². The van der Waals surface area contributed by atoms with Crippen LogP contribution in [0.5, 0.6) is 0 Å². The quantitative estimate of drug-likeness (QED) is 0.619. The molecule has 1 rings (SSSR count). The van der Waals surface area contributed by atoms with Crippen molar-refractivity contribution in [1.82, 2.24) is 5.32 Å². The first kappa shape index (κ1) is 14.5. The Labute approximate surface area is 108 Å². The van der Waals surface area contributed by atoms with Crippen LogP contribution in [0.1, 0.15) is 34.1 Å². The van der Waals surface area contributed by atoms with Crippen molar-refractivity contribution in [2.45, 2.75) is 45.8 Å². The minimum Gasteiger partial charge on any atom is -0.444 e. The van der Waals surface area contributed by atoms with Gasteiger partial charge in [0.15, 0.2) is 5.78 Å². The molecule has 0 aromatic carbocycles. The third-order valence-corrected chi connectivity index (χ3v) is 2.54. The molecule has 0 radical (unpaired) electrons. The number of nitrogens with one attached hydrogen (secondary N) is 1. The maximum atomic E-state index is 11.7. The van der Waals surface area contributed by atoms with Crippen LogP contribution in [0.25, 0.3) is 0 Å². The highest BCUT2D eigenvalue weighted by molar-refractivity contribution is 5.97. The van der Waals surface area contributed by atoms with E-state index in [1.807, 2.05) is 32.9 Å². The van der Waals surface area contributed by atoms with Crippen LogP contribution >= 0.6 is 0 Å². The summed E-state index contributed by atoms with van der Waals surface area (Å²) in [5.74, 6) is -0.151. The van der Waals surface area contributed by atoms with Gasteiger partial charge in [-0.15, -0.1) is 0 Å². The van der Waals surface area contributed by atoms with Crippen molar-refractivity contribution in [3.05, 3.63) is 24.3 Å². The summed E-state index contributed by atoms with van der Waals surface area (Å²) in [7, 11) is 0. The first-order valence-corrected chi connectivity index (χ1v) is 6.06. The summed E-state index contributed by atoms with van der Waals surface area (Å²) in [5, 5.41) is 2.73. The van der Waals surface area contributed by atoms with E-state index in [0.717, 1.165) is 0 Å². The Hall–Kier alpha value is -1.58. The number of carbonyl (C=O) groups excluding carboxylic acids is 2. The normalized spacial score (nSPS) is 22.7. The zero-order chi connectivity index (χ0) is 13.9. The Kier molecular flexibility index (Phi) is 4.33. The van der Waals surface area contributed by atoms with Gasteiger partial charge in [0.05, 0.1) is 6.04 Å². The molecule has 2 atom stereocenters. The predicted molar refractivity (Wildman–Crippen MR) is 70.2 cm³/mol. The molecule has 1 N–H and O–H groups in total. The summed E-state index contributed by atoms with van der Waals surface area (Å²) in [6.07, 6.45) is 3.76. The van der Waals surface area contributed by atoms with Crippen LogP contribution in [0.15, 0.2) is 24.3 Å². The predicted octanol–water partition coefficient (Wildman–Crippen LogP) is 2.60. The molecule has 0 spiro atoms. The highest BCUT2D eigenvalue weighted by Gasteiger charge is 2.27. The summed E-state index contributed by atoms with van der Waals surface area (Å²) in [5.41, 5.74) is 0.0295. The topological polar surface area (TPSA) is 55.4 Å². The van der Waals surface area contributed by atoms with Crippen molar-refractivity contribution < 1.29 is 14.3 Å². The molecule has 1 amide bonds. The maximum absolute atomic E-state index is 11.7. The molecule has 0 saturated carbocycles. The molecule has 18 heavy (non-hydrogen) atoms. The Morgan fingerprint density at radius 2 is 1.94 bits per heavy atom. The summed E-state index contributed by atoms with van der Waals surface area (Å²) >= 11 is 0. The van der Waals surface area contributed by atoms with Crippen molar-refractivity contribution in [1.29, 1.82) is 0 Å². The molecular formula is C14H21NO3. The van der Waals surface area contributed by atoms with Crippen molar-refractivity contribution >= 4 is 11.9 Å². The molecule has 4 nitrogen and oxygen atoms in total. The third kappa shape index (κ3) is 4.35. The number of amides is 1. The second kappa shape index (κ2) is 5.38. The smallest absolute Gasteiger partial charge is 0.408 e. The minimum absolute atomic E-state index is 0.0275. The molecule has 0 aromatic heterocycles. The first-order valence-electron chi connectivity index (χ1n) is 6.06. The van der Waals surface area contributed by atoms with E-state index in [9.17, 15) is 9.59 Å². The third-order valence-electron chi connectivity index (χ3n) is 2.54. The van der Waals surface area contributed by atoms with Gasteiger partial charge in [0.25, 0.3) is 0 Å². The summed E-state index contributed by atoms with van der Waals surface area (Å²) < 4.78 is 5.16. The fourth-order valence-corrected chi connectivity index (χ4v) is 1.78. The van der Waals surface area contributed by atoms with Gasteiger partial charge in [0.1, 0.15) is 5.60 Å². The summed E-state index contributed by atoms with van der Waals surface area (Å²) in [6.45, 7) is 10.8. The van der Waals surface area contributed by atoms with Crippen molar-refractivity contribution in [2.24, 2.45) is 5.92 Å². The fourth-order valence-electron chi connectivity index (χ4n) is 1.78. The summed E-state index contributed by atoms with van der Waals surface area (Å²) in [4.78, 5) is 23.3. The zero-order valence-electron chi connectivity index (χ0n) is 11.4. The molecule has 1 aliphatic carbocycles. The van der Waals surface area contributed by atoms with Crippen LogP contribution in [0.3, 0.4) is 0 Å².